The zero-order valence-electron chi connectivity index (χ0n) is 15.2. The summed E-state index contributed by atoms with van der Waals surface area (Å²) in [5.41, 5.74) is -0.221. The highest BCUT2D eigenvalue weighted by Crippen LogP contribution is 2.15. The van der Waals surface area contributed by atoms with Gasteiger partial charge in [-0.15, -0.1) is 0 Å². The van der Waals surface area contributed by atoms with E-state index in [1.807, 2.05) is 0 Å². The maximum Gasteiger partial charge on any atom is 0.410 e. The molecule has 0 spiro atoms. The van der Waals surface area contributed by atoms with E-state index in [-0.39, 0.29) is 29.9 Å². The van der Waals surface area contributed by atoms with Gasteiger partial charge >= 0.3 is 12.1 Å². The SMILES string of the molecule is CCOC(=O)c1cc(C(=O)NC2CN(C(=O)OC(C)(C)C)C2)n(C)n1. The number of nitrogens with zero attached hydrogens (tertiary/aromatic N) is 3. The van der Waals surface area contributed by atoms with E-state index < -0.39 is 17.7 Å². The van der Waals surface area contributed by atoms with E-state index in [1.165, 1.54) is 15.6 Å². The van der Waals surface area contributed by atoms with Gasteiger partial charge in [-0.25, -0.2) is 9.59 Å². The molecule has 0 unspecified atom stereocenters. The number of carbonyl (C=O) groups excluding carboxylic acids is 3. The molecule has 1 saturated heterocycles. The molecular formula is C16H24N4O5. The van der Waals surface area contributed by atoms with Crippen LogP contribution in [0.2, 0.25) is 0 Å². The van der Waals surface area contributed by atoms with Crippen LogP contribution in [0.25, 0.3) is 0 Å². The van der Waals surface area contributed by atoms with Crippen LogP contribution in [-0.4, -0.2) is 64.0 Å². The molecule has 0 saturated carbocycles. The van der Waals surface area contributed by atoms with Gasteiger partial charge in [0.1, 0.15) is 11.3 Å². The van der Waals surface area contributed by atoms with E-state index in [2.05, 4.69) is 10.4 Å². The number of hydrogen-bond donors (Lipinski definition) is 1. The van der Waals surface area contributed by atoms with Crippen molar-refractivity contribution in [1.29, 1.82) is 0 Å². The molecule has 1 N–H and O–H groups in total. The van der Waals surface area contributed by atoms with Crippen molar-refractivity contribution >= 4 is 18.0 Å². The number of amides is 2. The number of nitrogens with one attached hydrogen (secondary N) is 1. The molecule has 25 heavy (non-hydrogen) atoms. The molecule has 1 fully saturated rings. The Hall–Kier alpha value is -2.58. The summed E-state index contributed by atoms with van der Waals surface area (Å²) >= 11 is 0. The van der Waals surface area contributed by atoms with Crippen molar-refractivity contribution in [1.82, 2.24) is 20.0 Å². The predicted molar refractivity (Wildman–Crippen MR) is 88.2 cm³/mol. The molecule has 0 aromatic carbocycles. The molecule has 2 heterocycles. The molecule has 0 radical (unpaired) electrons. The minimum absolute atomic E-state index is 0.0819. The lowest BCUT2D eigenvalue weighted by molar-refractivity contribution is 0.00527. The largest absolute Gasteiger partial charge is 0.461 e. The van der Waals surface area contributed by atoms with E-state index in [0.717, 1.165) is 0 Å². The fourth-order valence-electron chi connectivity index (χ4n) is 2.29. The molecule has 2 rings (SSSR count). The molecule has 138 valence electrons. The van der Waals surface area contributed by atoms with Crippen molar-refractivity contribution in [3.8, 4) is 0 Å². The van der Waals surface area contributed by atoms with Gasteiger partial charge in [-0.05, 0) is 27.7 Å². The van der Waals surface area contributed by atoms with Gasteiger partial charge in [-0.3, -0.25) is 9.48 Å². The van der Waals surface area contributed by atoms with Gasteiger partial charge in [0.25, 0.3) is 5.91 Å². The van der Waals surface area contributed by atoms with E-state index >= 15 is 0 Å². The Kier molecular flexibility index (Phi) is 5.34. The standard InChI is InChI=1S/C16H24N4O5/c1-6-24-14(22)11-7-12(19(5)18-11)13(21)17-10-8-20(9-10)15(23)25-16(2,3)4/h7,10H,6,8-9H2,1-5H3,(H,17,21). The molecule has 1 aliphatic heterocycles. The molecule has 1 aromatic heterocycles. The molecule has 0 aliphatic carbocycles. The first-order valence-corrected chi connectivity index (χ1v) is 8.10. The van der Waals surface area contributed by atoms with Crippen LogP contribution in [0.1, 0.15) is 48.7 Å². The molecule has 2 amide bonds. The second kappa shape index (κ2) is 7.12. The topological polar surface area (TPSA) is 103 Å². The summed E-state index contributed by atoms with van der Waals surface area (Å²) in [5.74, 6) is -0.934. The van der Waals surface area contributed by atoms with Crippen LogP contribution in [0.15, 0.2) is 6.07 Å². The van der Waals surface area contributed by atoms with E-state index in [9.17, 15) is 14.4 Å². The molecular weight excluding hydrogens is 328 g/mol. The molecule has 9 nitrogen and oxygen atoms in total. The first kappa shape index (κ1) is 18.8. The van der Waals surface area contributed by atoms with E-state index in [1.54, 1.807) is 34.7 Å². The van der Waals surface area contributed by atoms with Gasteiger partial charge in [-0.2, -0.15) is 5.10 Å². The Bertz CT molecular complexity index is 671. The van der Waals surface area contributed by atoms with Crippen LogP contribution in [0.4, 0.5) is 4.79 Å². The monoisotopic (exact) mass is 352 g/mol. The summed E-state index contributed by atoms with van der Waals surface area (Å²) in [4.78, 5) is 37.4. The Labute approximate surface area is 146 Å². The van der Waals surface area contributed by atoms with Gasteiger partial charge in [0, 0.05) is 26.2 Å². The number of likely N-dealkylation sites (tertiary alicyclic amines) is 1. The van der Waals surface area contributed by atoms with Gasteiger partial charge in [0.15, 0.2) is 5.69 Å². The molecule has 1 aliphatic rings. The minimum Gasteiger partial charge on any atom is -0.461 e. The van der Waals surface area contributed by atoms with Crippen molar-refractivity contribution in [2.75, 3.05) is 19.7 Å². The summed E-state index contributed by atoms with van der Waals surface area (Å²) in [7, 11) is 1.57. The van der Waals surface area contributed by atoms with Crippen LogP contribution in [0.3, 0.4) is 0 Å². The zero-order chi connectivity index (χ0) is 18.8. The second-order valence-electron chi connectivity index (χ2n) is 6.81. The highest BCUT2D eigenvalue weighted by atomic mass is 16.6. The number of rotatable bonds is 4. The quantitative estimate of drug-likeness (QED) is 0.809. The third kappa shape index (κ3) is 4.71. The summed E-state index contributed by atoms with van der Waals surface area (Å²) in [6, 6.07) is 1.22. The van der Waals surface area contributed by atoms with Gasteiger partial charge in [0.05, 0.1) is 12.6 Å². The Morgan fingerprint density at radius 2 is 1.96 bits per heavy atom. The summed E-state index contributed by atoms with van der Waals surface area (Å²) in [6.07, 6.45) is -0.400. The fraction of sp³-hybridized carbons (Fsp3) is 0.625. The average Bonchev–Trinajstić information content (AvgIpc) is 2.82. The van der Waals surface area contributed by atoms with Gasteiger partial charge in [-0.1, -0.05) is 0 Å². The van der Waals surface area contributed by atoms with Crippen molar-refractivity contribution < 1.29 is 23.9 Å². The first-order valence-electron chi connectivity index (χ1n) is 8.10. The van der Waals surface area contributed by atoms with Crippen LogP contribution >= 0.6 is 0 Å². The Balaban J connectivity index is 1.88. The summed E-state index contributed by atoms with van der Waals surface area (Å²) in [5, 5.41) is 6.79. The summed E-state index contributed by atoms with van der Waals surface area (Å²) < 4.78 is 11.5. The van der Waals surface area contributed by atoms with E-state index in [4.69, 9.17) is 9.47 Å². The van der Waals surface area contributed by atoms with Crippen molar-refractivity contribution in [2.24, 2.45) is 7.05 Å². The maximum atomic E-state index is 12.3. The molecule has 0 bridgehead atoms. The predicted octanol–water partition coefficient (Wildman–Crippen LogP) is 0.946. The minimum atomic E-state index is -0.572. The zero-order valence-corrected chi connectivity index (χ0v) is 15.2. The fourth-order valence-corrected chi connectivity index (χ4v) is 2.29. The molecule has 9 heteroatoms. The third-order valence-electron chi connectivity index (χ3n) is 3.47. The Morgan fingerprint density at radius 1 is 1.32 bits per heavy atom. The lowest BCUT2D eigenvalue weighted by atomic mass is 10.1. The average molecular weight is 352 g/mol. The highest BCUT2D eigenvalue weighted by molar-refractivity contribution is 5.96. The smallest absolute Gasteiger partial charge is 0.410 e. The van der Waals surface area contributed by atoms with Crippen LogP contribution < -0.4 is 5.32 Å². The summed E-state index contributed by atoms with van der Waals surface area (Å²) in [6.45, 7) is 8.09. The maximum absolute atomic E-state index is 12.3. The lowest BCUT2D eigenvalue weighted by Crippen LogP contribution is -2.61. The lowest BCUT2D eigenvalue weighted by Gasteiger charge is -2.39. The number of aryl methyl sites for hydroxylation is 1. The first-order chi connectivity index (χ1) is 11.6. The molecule has 1 aromatic rings. The Morgan fingerprint density at radius 3 is 2.52 bits per heavy atom. The molecule has 0 atom stereocenters. The van der Waals surface area contributed by atoms with Crippen LogP contribution in [0.5, 0.6) is 0 Å². The van der Waals surface area contributed by atoms with Gasteiger partial charge < -0.3 is 19.7 Å². The van der Waals surface area contributed by atoms with Crippen LogP contribution in [0, 0.1) is 0 Å². The number of aromatic nitrogens is 2. The number of hydrogen-bond acceptors (Lipinski definition) is 6. The van der Waals surface area contributed by atoms with Gasteiger partial charge in [0.2, 0.25) is 0 Å². The third-order valence-corrected chi connectivity index (χ3v) is 3.47. The van der Waals surface area contributed by atoms with Crippen molar-refractivity contribution in [3.63, 3.8) is 0 Å². The van der Waals surface area contributed by atoms with Crippen molar-refractivity contribution in [3.05, 3.63) is 17.5 Å². The van der Waals surface area contributed by atoms with E-state index in [0.29, 0.717) is 13.1 Å². The normalized spacial score (nSPS) is 14.7. The van der Waals surface area contributed by atoms with Crippen LogP contribution in [-0.2, 0) is 16.5 Å². The number of carbonyl (C=O) groups is 3. The second-order valence-corrected chi connectivity index (χ2v) is 6.81. The van der Waals surface area contributed by atoms with Crippen molar-refractivity contribution in [2.45, 2.75) is 39.3 Å². The number of esters is 1. The number of ether oxygens (including phenoxy) is 2. The highest BCUT2D eigenvalue weighted by Gasteiger charge is 2.35.